The number of benzene rings is 5. The zero-order chi connectivity index (χ0) is 40.5. The van der Waals surface area contributed by atoms with Gasteiger partial charge in [-0.25, -0.2) is 0 Å². The number of hydrogen-bond acceptors (Lipinski definition) is 6. The van der Waals surface area contributed by atoms with Gasteiger partial charge in [-0.3, -0.25) is 28.3 Å². The molecule has 306 valence electrons. The Morgan fingerprint density at radius 2 is 0.690 bits per heavy atom. The number of pyridine rings is 2. The van der Waals surface area contributed by atoms with Gasteiger partial charge in [-0.1, -0.05) is 163 Å². The number of aromatic nitrogens is 2. The Kier molecular flexibility index (Phi) is 12.5. The summed E-state index contributed by atoms with van der Waals surface area (Å²) in [5, 5.41) is 9.84. The molecule has 0 N–H and O–H groups in total. The van der Waals surface area contributed by atoms with Crippen molar-refractivity contribution in [1.82, 2.24) is 9.13 Å². The van der Waals surface area contributed by atoms with Crippen LogP contribution in [-0.4, -0.2) is 9.13 Å². The molecule has 0 aliphatic carbocycles. The molecule has 0 atom stereocenters. The summed E-state index contributed by atoms with van der Waals surface area (Å²) in [5.41, 5.74) is -0.694. The van der Waals surface area contributed by atoms with E-state index in [-0.39, 0.29) is 34.3 Å². The maximum atomic E-state index is 14.8. The van der Waals surface area contributed by atoms with Crippen LogP contribution in [0.15, 0.2) is 55.6 Å². The van der Waals surface area contributed by atoms with E-state index in [9.17, 15) is 19.2 Å². The summed E-state index contributed by atoms with van der Waals surface area (Å²) >= 11 is 0. The summed E-state index contributed by atoms with van der Waals surface area (Å²) in [7, 11) is 3.28. The standard InChI is InChI=1S/C50H60N2O4S2/c1-5-9-13-17-21-31(22-18-14-10-6-2)51-47(53)35-27-25-33-34-26-28-36-42-38(50(56)52(48(36)54)32(23-19-15-11-7-3)24-20-16-12-8-4)30-40-46(44(34)42)45-39(57-58-40)29-37(49(51)55)41(35)43(33)45/h25-32H,5-24H2,1-4H3. The van der Waals surface area contributed by atoms with Crippen molar-refractivity contribution >= 4 is 94.7 Å². The highest BCUT2D eigenvalue weighted by Gasteiger charge is 2.28. The maximum absolute atomic E-state index is 14.8. The van der Waals surface area contributed by atoms with Crippen LogP contribution in [0.1, 0.15) is 168 Å². The zero-order valence-corrected chi connectivity index (χ0v) is 36.7. The van der Waals surface area contributed by atoms with Gasteiger partial charge in [-0.15, -0.1) is 0 Å². The largest absolute Gasteiger partial charge is 0.271 e. The minimum Gasteiger partial charge on any atom is -0.271 e. The Bertz CT molecular complexity index is 2690. The first-order chi connectivity index (χ1) is 28.4. The van der Waals surface area contributed by atoms with E-state index in [0.29, 0.717) is 21.5 Å². The van der Waals surface area contributed by atoms with Crippen molar-refractivity contribution in [3.8, 4) is 0 Å². The van der Waals surface area contributed by atoms with Gasteiger partial charge in [0.25, 0.3) is 22.2 Å². The quantitative estimate of drug-likeness (QED) is 0.0295. The molecular weight excluding hydrogens is 757 g/mol. The van der Waals surface area contributed by atoms with Crippen molar-refractivity contribution < 1.29 is 0 Å². The van der Waals surface area contributed by atoms with Crippen molar-refractivity contribution in [2.24, 2.45) is 0 Å². The van der Waals surface area contributed by atoms with E-state index in [1.165, 1.54) is 0 Å². The molecule has 0 saturated heterocycles. The van der Waals surface area contributed by atoms with Crippen LogP contribution in [0, 0.1) is 0 Å². The van der Waals surface area contributed by atoms with Crippen molar-refractivity contribution in [3.05, 3.63) is 77.8 Å². The second-order valence-corrected chi connectivity index (χ2v) is 19.5. The summed E-state index contributed by atoms with van der Waals surface area (Å²) in [5.74, 6) is 0. The molecule has 8 aromatic rings. The number of nitrogens with zero attached hydrogens (tertiary/aromatic N) is 2. The van der Waals surface area contributed by atoms with E-state index in [0.717, 1.165) is 181 Å². The Hall–Kier alpha value is -3.88. The van der Waals surface area contributed by atoms with Gasteiger partial charge in [-0.2, -0.15) is 0 Å². The second kappa shape index (κ2) is 17.8. The van der Waals surface area contributed by atoms with Gasteiger partial charge in [0, 0.05) is 64.6 Å². The molecule has 0 aliphatic rings. The first-order valence-electron chi connectivity index (χ1n) is 22.7. The second-order valence-electron chi connectivity index (χ2n) is 17.2. The van der Waals surface area contributed by atoms with Crippen LogP contribution < -0.4 is 22.2 Å². The van der Waals surface area contributed by atoms with Gasteiger partial charge in [0.2, 0.25) is 0 Å². The average Bonchev–Trinajstić information content (AvgIpc) is 3.23. The molecule has 0 radical (unpaired) electrons. The van der Waals surface area contributed by atoms with Gasteiger partial charge in [0.05, 0.1) is 10.8 Å². The predicted molar refractivity (Wildman–Crippen MR) is 252 cm³/mol. The van der Waals surface area contributed by atoms with E-state index in [4.69, 9.17) is 0 Å². The van der Waals surface area contributed by atoms with Crippen LogP contribution in [0.3, 0.4) is 0 Å². The predicted octanol–water partition coefficient (Wildman–Crippen LogP) is 14.2. The van der Waals surface area contributed by atoms with Crippen molar-refractivity contribution in [3.63, 3.8) is 0 Å². The Labute approximate surface area is 348 Å². The molecule has 0 unspecified atom stereocenters. The van der Waals surface area contributed by atoms with Gasteiger partial charge in [0.1, 0.15) is 0 Å². The summed E-state index contributed by atoms with van der Waals surface area (Å²) in [4.78, 5) is 58.9. The van der Waals surface area contributed by atoms with Gasteiger partial charge >= 0.3 is 0 Å². The molecule has 0 spiro atoms. The number of hydrogen-bond donors (Lipinski definition) is 0. The van der Waals surface area contributed by atoms with Gasteiger partial charge in [-0.05, 0) is 60.7 Å². The van der Waals surface area contributed by atoms with Gasteiger partial charge in [0.15, 0.2) is 0 Å². The SMILES string of the molecule is CCCCCCC(CCCCCC)n1c(=O)c2ccc3c4ccc5c(=O)n(C(CCCCCC)CCCCCC)c(=O)c6cc7ssc8cc(c1=O)c2c3c8c7c4c56. The molecule has 0 fully saturated rings. The third-order valence-electron chi connectivity index (χ3n) is 13.3. The zero-order valence-electron chi connectivity index (χ0n) is 35.1. The highest BCUT2D eigenvalue weighted by molar-refractivity contribution is 7.74. The molecule has 0 bridgehead atoms. The summed E-state index contributed by atoms with van der Waals surface area (Å²) in [6.45, 7) is 8.84. The molecule has 3 aromatic heterocycles. The lowest BCUT2D eigenvalue weighted by molar-refractivity contribution is 0.384. The van der Waals surface area contributed by atoms with Gasteiger partial charge < -0.3 is 0 Å². The van der Waals surface area contributed by atoms with E-state index in [1.54, 1.807) is 29.8 Å². The fraction of sp³-hybridized carbons (Fsp3) is 0.520. The molecule has 0 saturated carbocycles. The van der Waals surface area contributed by atoms with E-state index >= 15 is 0 Å². The third kappa shape index (κ3) is 7.04. The Morgan fingerprint density at radius 1 is 0.379 bits per heavy atom. The monoisotopic (exact) mass is 816 g/mol. The molecule has 3 heterocycles. The number of unbranched alkanes of at least 4 members (excludes halogenated alkanes) is 12. The molecule has 5 aromatic carbocycles. The van der Waals surface area contributed by atoms with Crippen molar-refractivity contribution in [2.45, 2.75) is 168 Å². The maximum Gasteiger partial charge on any atom is 0.261 e. The average molecular weight is 817 g/mol. The van der Waals surface area contributed by atoms with Crippen LogP contribution in [-0.2, 0) is 0 Å². The van der Waals surface area contributed by atoms with Crippen LogP contribution in [0.5, 0.6) is 0 Å². The normalized spacial score (nSPS) is 12.7. The fourth-order valence-corrected chi connectivity index (χ4v) is 12.8. The molecule has 0 amide bonds. The Morgan fingerprint density at radius 3 is 1.02 bits per heavy atom. The van der Waals surface area contributed by atoms with E-state index in [1.807, 2.05) is 24.3 Å². The topological polar surface area (TPSA) is 78.1 Å². The molecule has 0 aliphatic heterocycles. The summed E-state index contributed by atoms with van der Waals surface area (Å²) < 4.78 is 5.26. The van der Waals surface area contributed by atoms with Crippen molar-refractivity contribution in [1.29, 1.82) is 0 Å². The lowest BCUT2D eigenvalue weighted by atomic mass is 9.86. The minimum absolute atomic E-state index is 0.118. The lowest BCUT2D eigenvalue weighted by Crippen LogP contribution is -2.37. The molecule has 58 heavy (non-hydrogen) atoms. The molecule has 8 rings (SSSR count). The summed E-state index contributed by atoms with van der Waals surface area (Å²) in [6, 6.07) is 11.8. The molecular formula is C50H60N2O4S2. The lowest BCUT2D eigenvalue weighted by Gasteiger charge is -2.24. The Balaban J connectivity index is 1.35. The highest BCUT2D eigenvalue weighted by Crippen LogP contribution is 2.50. The highest BCUT2D eigenvalue weighted by atomic mass is 32.9. The van der Waals surface area contributed by atoms with Crippen LogP contribution in [0.2, 0.25) is 0 Å². The minimum atomic E-state index is -0.177. The van der Waals surface area contributed by atoms with Crippen LogP contribution >= 0.6 is 20.7 Å². The first-order valence-corrected chi connectivity index (χ1v) is 24.9. The number of fused-ring (bicyclic) bond motifs is 1. The van der Waals surface area contributed by atoms with Crippen molar-refractivity contribution in [2.75, 3.05) is 0 Å². The molecule has 8 heteroatoms. The third-order valence-corrected chi connectivity index (χ3v) is 15.8. The van der Waals surface area contributed by atoms with E-state index < -0.39 is 0 Å². The smallest absolute Gasteiger partial charge is 0.261 e. The fourth-order valence-electron chi connectivity index (χ4n) is 10.3. The number of rotatable bonds is 22. The van der Waals surface area contributed by atoms with E-state index in [2.05, 4.69) is 39.8 Å². The first kappa shape index (κ1) is 40.9. The summed E-state index contributed by atoms with van der Waals surface area (Å²) in [6.07, 6.45) is 21.1. The molecule has 6 nitrogen and oxygen atoms in total. The van der Waals surface area contributed by atoms with Crippen LogP contribution in [0.4, 0.5) is 0 Å². The van der Waals surface area contributed by atoms with Crippen LogP contribution in [0.25, 0.3) is 74.0 Å².